The van der Waals surface area contributed by atoms with Crippen molar-refractivity contribution in [2.45, 2.75) is 39.0 Å². The Hall–Kier alpha value is -2.71. The third-order valence-corrected chi connectivity index (χ3v) is 6.18. The first-order chi connectivity index (χ1) is 15.6. The molecule has 0 unspecified atom stereocenters. The highest BCUT2D eigenvalue weighted by Gasteiger charge is 2.36. The number of rotatable bonds is 2. The summed E-state index contributed by atoms with van der Waals surface area (Å²) < 4.78 is 31.8. The summed E-state index contributed by atoms with van der Waals surface area (Å²) in [5.41, 5.74) is 0.457. The second kappa shape index (κ2) is 8.91. The number of ether oxygens (including phenoxy) is 3. The first-order valence-corrected chi connectivity index (χ1v) is 11.2. The number of piperazine rings is 1. The summed E-state index contributed by atoms with van der Waals surface area (Å²) in [7, 11) is 1.53. The number of methoxy groups -OCH3 is 1. The predicted molar refractivity (Wildman–Crippen MR) is 123 cm³/mol. The van der Waals surface area contributed by atoms with Crippen LogP contribution in [0.4, 0.5) is 9.18 Å². The molecule has 1 atom stereocenters. The van der Waals surface area contributed by atoms with Crippen LogP contribution >= 0.6 is 11.6 Å². The minimum absolute atomic E-state index is 0.00901. The van der Waals surface area contributed by atoms with Gasteiger partial charge in [0, 0.05) is 31.7 Å². The van der Waals surface area contributed by atoms with Gasteiger partial charge in [-0.3, -0.25) is 4.90 Å². The lowest BCUT2D eigenvalue weighted by Crippen LogP contribution is -2.56. The largest absolute Gasteiger partial charge is 0.507 e. The number of carbonyl (C=O) groups is 1. The second-order valence-corrected chi connectivity index (χ2v) is 9.62. The third-order valence-electron chi connectivity index (χ3n) is 5.80. The summed E-state index contributed by atoms with van der Waals surface area (Å²) in [6, 6.07) is 5.63. The van der Waals surface area contributed by atoms with Crippen LogP contribution in [0.1, 0.15) is 26.3 Å². The molecule has 2 heterocycles. The van der Waals surface area contributed by atoms with Crippen LogP contribution in [-0.2, 0) is 11.3 Å². The van der Waals surface area contributed by atoms with E-state index in [9.17, 15) is 14.3 Å². The van der Waals surface area contributed by atoms with E-state index in [-0.39, 0.29) is 40.6 Å². The van der Waals surface area contributed by atoms with Gasteiger partial charge in [0.1, 0.15) is 35.3 Å². The normalized spacial score (nSPS) is 18.6. The average Bonchev–Trinajstić information content (AvgIpc) is 2.93. The van der Waals surface area contributed by atoms with Gasteiger partial charge in [0.15, 0.2) is 0 Å². The SMILES string of the molecule is COc1cc(-c2c(O)cccc2F)c(Cl)c2c1CN1CCN(C(=O)OC(C)(C)C)C[C@@H]1CO2. The Morgan fingerprint density at radius 1 is 1.30 bits per heavy atom. The first-order valence-electron chi connectivity index (χ1n) is 10.8. The van der Waals surface area contributed by atoms with Crippen molar-refractivity contribution in [3.63, 3.8) is 0 Å². The van der Waals surface area contributed by atoms with Gasteiger partial charge in [-0.1, -0.05) is 17.7 Å². The fourth-order valence-corrected chi connectivity index (χ4v) is 4.54. The number of hydrogen-bond acceptors (Lipinski definition) is 6. The summed E-state index contributed by atoms with van der Waals surface area (Å²) in [4.78, 5) is 16.5. The summed E-state index contributed by atoms with van der Waals surface area (Å²) in [6.45, 7) is 7.89. The minimum Gasteiger partial charge on any atom is -0.507 e. The van der Waals surface area contributed by atoms with Crippen LogP contribution in [0.2, 0.25) is 5.02 Å². The van der Waals surface area contributed by atoms with Crippen molar-refractivity contribution in [3.05, 3.63) is 40.7 Å². The van der Waals surface area contributed by atoms with Crippen molar-refractivity contribution in [2.75, 3.05) is 33.4 Å². The molecule has 0 aromatic heterocycles. The Labute approximate surface area is 197 Å². The standard InChI is InChI=1S/C24H28ClFN2O5/c1-24(2,3)33-23(30)28-9-8-27-12-16-19(31-4)10-15(20-17(26)6-5-7-18(20)29)21(25)22(16)32-13-14(27)11-28/h5-7,10,14,29H,8-9,11-13H2,1-4H3/t14-/m1/s1. The predicted octanol–water partition coefficient (Wildman–Crippen LogP) is 4.67. The molecule has 2 aliphatic rings. The average molecular weight is 479 g/mol. The lowest BCUT2D eigenvalue weighted by Gasteiger charge is -2.40. The number of phenolic OH excluding ortho intramolecular Hbond substituents is 1. The van der Waals surface area contributed by atoms with E-state index in [0.29, 0.717) is 37.7 Å². The number of phenols is 1. The van der Waals surface area contributed by atoms with E-state index >= 15 is 0 Å². The van der Waals surface area contributed by atoms with Gasteiger partial charge >= 0.3 is 6.09 Å². The first kappa shape index (κ1) is 23.4. The van der Waals surface area contributed by atoms with Gasteiger partial charge in [-0.15, -0.1) is 0 Å². The zero-order valence-corrected chi connectivity index (χ0v) is 19.9. The zero-order chi connectivity index (χ0) is 23.9. The van der Waals surface area contributed by atoms with Gasteiger partial charge in [0.05, 0.1) is 29.3 Å². The number of aromatic hydroxyl groups is 1. The van der Waals surface area contributed by atoms with Crippen LogP contribution in [0.5, 0.6) is 17.2 Å². The quantitative estimate of drug-likeness (QED) is 0.676. The Morgan fingerprint density at radius 3 is 2.73 bits per heavy atom. The van der Waals surface area contributed by atoms with Crippen molar-refractivity contribution in [2.24, 2.45) is 0 Å². The van der Waals surface area contributed by atoms with Gasteiger partial charge in [-0.05, 0) is 39.0 Å². The van der Waals surface area contributed by atoms with E-state index in [1.54, 1.807) is 11.0 Å². The van der Waals surface area contributed by atoms with Crippen LogP contribution in [0.15, 0.2) is 24.3 Å². The molecule has 0 bridgehead atoms. The lowest BCUT2D eigenvalue weighted by atomic mass is 10.00. The molecule has 1 saturated heterocycles. The Balaban J connectivity index is 1.65. The number of hydrogen-bond donors (Lipinski definition) is 1. The molecule has 2 aromatic rings. The van der Waals surface area contributed by atoms with E-state index in [2.05, 4.69) is 4.90 Å². The third kappa shape index (κ3) is 4.68. The molecule has 0 aliphatic carbocycles. The second-order valence-electron chi connectivity index (χ2n) is 9.24. The number of carbonyl (C=O) groups excluding carboxylic acids is 1. The van der Waals surface area contributed by atoms with Crippen LogP contribution < -0.4 is 9.47 Å². The molecule has 9 heteroatoms. The molecule has 1 N–H and O–H groups in total. The summed E-state index contributed by atoms with van der Waals surface area (Å²) in [5.74, 6) is 0.0602. The molecule has 0 radical (unpaired) electrons. The van der Waals surface area contributed by atoms with Gasteiger partial charge in [-0.2, -0.15) is 0 Å². The maximum Gasteiger partial charge on any atom is 0.410 e. The van der Waals surface area contributed by atoms with E-state index < -0.39 is 11.4 Å². The topological polar surface area (TPSA) is 71.5 Å². The molecule has 0 spiro atoms. The molecule has 2 aromatic carbocycles. The molecular weight excluding hydrogens is 451 g/mol. The molecular formula is C24H28ClFN2O5. The monoisotopic (exact) mass is 478 g/mol. The minimum atomic E-state index is -0.599. The molecule has 178 valence electrons. The van der Waals surface area contributed by atoms with Gasteiger partial charge in [-0.25, -0.2) is 9.18 Å². The highest BCUT2D eigenvalue weighted by atomic mass is 35.5. The maximum absolute atomic E-state index is 14.6. The maximum atomic E-state index is 14.6. The van der Waals surface area contributed by atoms with Crippen molar-refractivity contribution in [1.29, 1.82) is 0 Å². The van der Waals surface area contributed by atoms with Crippen molar-refractivity contribution < 1.29 is 28.5 Å². The van der Waals surface area contributed by atoms with Crippen LogP contribution in [0.25, 0.3) is 11.1 Å². The highest BCUT2D eigenvalue weighted by molar-refractivity contribution is 6.35. The molecule has 1 amide bonds. The number of benzene rings is 2. The number of halogens is 2. The molecule has 4 rings (SSSR count). The van der Waals surface area contributed by atoms with Crippen molar-refractivity contribution in [1.82, 2.24) is 9.80 Å². The Bertz CT molecular complexity index is 1050. The molecule has 7 nitrogen and oxygen atoms in total. The van der Waals surface area contributed by atoms with Crippen LogP contribution in [0.3, 0.4) is 0 Å². The Morgan fingerprint density at radius 2 is 2.06 bits per heavy atom. The van der Waals surface area contributed by atoms with Crippen LogP contribution in [0, 0.1) is 5.82 Å². The van der Waals surface area contributed by atoms with Crippen molar-refractivity contribution >= 4 is 17.7 Å². The molecule has 0 saturated carbocycles. The lowest BCUT2D eigenvalue weighted by molar-refractivity contribution is -0.00160. The van der Waals surface area contributed by atoms with E-state index in [4.69, 9.17) is 25.8 Å². The fraction of sp³-hybridized carbons (Fsp3) is 0.458. The van der Waals surface area contributed by atoms with Gasteiger partial charge in [0.25, 0.3) is 0 Å². The highest BCUT2D eigenvalue weighted by Crippen LogP contribution is 2.47. The zero-order valence-electron chi connectivity index (χ0n) is 19.2. The van der Waals surface area contributed by atoms with Gasteiger partial charge in [0.2, 0.25) is 0 Å². The molecule has 33 heavy (non-hydrogen) atoms. The van der Waals surface area contributed by atoms with Crippen molar-refractivity contribution in [3.8, 4) is 28.4 Å². The van der Waals surface area contributed by atoms with E-state index in [0.717, 1.165) is 5.56 Å². The number of nitrogens with zero attached hydrogens (tertiary/aromatic N) is 2. The molecule has 1 fully saturated rings. The number of fused-ring (bicyclic) bond motifs is 2. The summed E-state index contributed by atoms with van der Waals surface area (Å²) in [5, 5.41) is 10.5. The van der Waals surface area contributed by atoms with E-state index in [1.165, 1.54) is 25.3 Å². The fourth-order valence-electron chi connectivity index (χ4n) is 4.23. The molecule has 2 aliphatic heterocycles. The van der Waals surface area contributed by atoms with Gasteiger partial charge < -0.3 is 24.2 Å². The smallest absolute Gasteiger partial charge is 0.410 e. The van der Waals surface area contributed by atoms with Crippen LogP contribution in [-0.4, -0.2) is 66.0 Å². The number of amides is 1. The summed E-state index contributed by atoms with van der Waals surface area (Å²) >= 11 is 6.69. The Kier molecular flexibility index (Phi) is 6.33. The van der Waals surface area contributed by atoms with E-state index in [1.807, 2.05) is 20.8 Å². The summed E-state index contributed by atoms with van der Waals surface area (Å²) in [6.07, 6.45) is -0.350.